The van der Waals surface area contributed by atoms with Gasteiger partial charge in [-0.05, 0) is 23.8 Å². The maximum Gasteiger partial charge on any atom is 0.308 e. The van der Waals surface area contributed by atoms with Crippen molar-refractivity contribution >= 4 is 17.7 Å². The van der Waals surface area contributed by atoms with Gasteiger partial charge in [-0.3, -0.25) is 9.69 Å². The molecule has 0 aromatic heterocycles. The highest BCUT2D eigenvalue weighted by atomic mass is 32.2. The molecule has 0 amide bonds. The molecule has 2 unspecified atom stereocenters. The second-order valence-electron chi connectivity index (χ2n) is 4.62. The maximum atomic E-state index is 11.3. The lowest BCUT2D eigenvalue weighted by atomic mass is 9.91. The molecule has 2 N–H and O–H groups in total. The molecule has 2 rings (SSSR count). The van der Waals surface area contributed by atoms with E-state index < -0.39 is 5.97 Å². The lowest BCUT2D eigenvalue weighted by Gasteiger charge is -2.31. The van der Waals surface area contributed by atoms with Gasteiger partial charge in [0.2, 0.25) is 0 Å². The number of aliphatic carboxylic acids is 1. The van der Waals surface area contributed by atoms with Gasteiger partial charge in [0.25, 0.3) is 0 Å². The van der Waals surface area contributed by atoms with E-state index in [4.69, 9.17) is 0 Å². The normalized spacial score (nSPS) is 29.1. The number of nitrogens with one attached hydrogen (secondary N) is 1. The fourth-order valence-corrected chi connectivity index (χ4v) is 3.81. The third-order valence-corrected chi connectivity index (χ3v) is 4.70. The van der Waals surface area contributed by atoms with Crippen LogP contribution in [0.5, 0.6) is 0 Å². The molecule has 2 heterocycles. The standard InChI is InChI=1S/C11H20N2O2S/c14-11(15)10(9-1-6-16-8-9)7-13-4-2-12-3-5-13/h9-10,12H,1-8H2,(H,14,15). The number of hydrogen-bond donors (Lipinski definition) is 2. The van der Waals surface area contributed by atoms with Gasteiger partial charge in [0.05, 0.1) is 5.92 Å². The van der Waals surface area contributed by atoms with E-state index in [1.54, 1.807) is 0 Å². The highest BCUT2D eigenvalue weighted by Crippen LogP contribution is 2.30. The first-order chi connectivity index (χ1) is 7.77. The van der Waals surface area contributed by atoms with Crippen LogP contribution >= 0.6 is 11.8 Å². The van der Waals surface area contributed by atoms with Gasteiger partial charge in [-0.15, -0.1) is 0 Å². The van der Waals surface area contributed by atoms with E-state index in [9.17, 15) is 9.90 Å². The number of thioether (sulfide) groups is 1. The van der Waals surface area contributed by atoms with Gasteiger partial charge in [0.15, 0.2) is 0 Å². The largest absolute Gasteiger partial charge is 0.481 e. The first-order valence-electron chi connectivity index (χ1n) is 6.01. The summed E-state index contributed by atoms with van der Waals surface area (Å²) in [5.41, 5.74) is 0. The molecule has 0 saturated carbocycles. The lowest BCUT2D eigenvalue weighted by Crippen LogP contribution is -2.47. The number of piperazine rings is 1. The monoisotopic (exact) mass is 244 g/mol. The molecule has 2 saturated heterocycles. The zero-order valence-corrected chi connectivity index (χ0v) is 10.3. The Hall–Kier alpha value is -0.260. The average Bonchev–Trinajstić information content (AvgIpc) is 2.80. The van der Waals surface area contributed by atoms with Crippen LogP contribution in [0.4, 0.5) is 0 Å². The third-order valence-electron chi connectivity index (χ3n) is 3.52. The summed E-state index contributed by atoms with van der Waals surface area (Å²) in [7, 11) is 0. The molecule has 92 valence electrons. The highest BCUT2D eigenvalue weighted by molar-refractivity contribution is 7.99. The summed E-state index contributed by atoms with van der Waals surface area (Å²) < 4.78 is 0. The van der Waals surface area contributed by atoms with Crippen LogP contribution in [0.3, 0.4) is 0 Å². The smallest absolute Gasteiger partial charge is 0.308 e. The summed E-state index contributed by atoms with van der Waals surface area (Å²) in [5.74, 6) is 1.79. The van der Waals surface area contributed by atoms with Crippen LogP contribution < -0.4 is 5.32 Å². The van der Waals surface area contributed by atoms with Gasteiger partial charge < -0.3 is 10.4 Å². The minimum absolute atomic E-state index is 0.159. The van der Waals surface area contributed by atoms with E-state index in [1.807, 2.05) is 11.8 Å². The van der Waals surface area contributed by atoms with Gasteiger partial charge in [0, 0.05) is 32.7 Å². The zero-order chi connectivity index (χ0) is 11.4. The van der Waals surface area contributed by atoms with Crippen molar-refractivity contribution in [2.75, 3.05) is 44.2 Å². The number of carboxylic acid groups (broad SMARTS) is 1. The number of carboxylic acids is 1. The third kappa shape index (κ3) is 3.12. The van der Waals surface area contributed by atoms with Crippen molar-refractivity contribution in [1.82, 2.24) is 10.2 Å². The average molecular weight is 244 g/mol. The van der Waals surface area contributed by atoms with E-state index in [0.29, 0.717) is 5.92 Å². The first kappa shape index (κ1) is 12.2. The molecule has 5 heteroatoms. The molecule has 0 aliphatic carbocycles. The van der Waals surface area contributed by atoms with Crippen molar-refractivity contribution in [3.8, 4) is 0 Å². The molecule has 0 aromatic rings. The summed E-state index contributed by atoms with van der Waals surface area (Å²) in [6.45, 7) is 4.70. The molecule has 4 nitrogen and oxygen atoms in total. The van der Waals surface area contributed by atoms with Crippen molar-refractivity contribution in [3.63, 3.8) is 0 Å². The number of hydrogen-bond acceptors (Lipinski definition) is 4. The summed E-state index contributed by atoms with van der Waals surface area (Å²) in [5, 5.41) is 12.6. The van der Waals surface area contributed by atoms with Crippen LogP contribution in [0.2, 0.25) is 0 Å². The van der Waals surface area contributed by atoms with E-state index in [-0.39, 0.29) is 5.92 Å². The van der Waals surface area contributed by atoms with Crippen molar-refractivity contribution in [3.05, 3.63) is 0 Å². The molecule has 2 atom stereocenters. The second-order valence-corrected chi connectivity index (χ2v) is 5.77. The predicted octanol–water partition coefficient (Wildman–Crippen LogP) is 0.345. The van der Waals surface area contributed by atoms with Crippen LogP contribution in [-0.4, -0.2) is 60.2 Å². The Morgan fingerprint density at radius 2 is 2.25 bits per heavy atom. The Bertz CT molecular complexity index is 238. The molecule has 0 spiro atoms. The Morgan fingerprint density at radius 1 is 1.50 bits per heavy atom. The number of nitrogens with zero attached hydrogens (tertiary/aromatic N) is 1. The Morgan fingerprint density at radius 3 is 2.81 bits per heavy atom. The van der Waals surface area contributed by atoms with Gasteiger partial charge in [-0.1, -0.05) is 0 Å². The van der Waals surface area contributed by atoms with Crippen molar-refractivity contribution in [1.29, 1.82) is 0 Å². The Balaban J connectivity index is 1.88. The zero-order valence-electron chi connectivity index (χ0n) is 9.52. The Kier molecular flexibility index (Phi) is 4.49. The molecule has 0 bridgehead atoms. The van der Waals surface area contributed by atoms with Gasteiger partial charge in [-0.2, -0.15) is 11.8 Å². The van der Waals surface area contributed by atoms with Crippen LogP contribution in [0.25, 0.3) is 0 Å². The van der Waals surface area contributed by atoms with Crippen molar-refractivity contribution < 1.29 is 9.90 Å². The molecule has 0 radical (unpaired) electrons. The molecule has 0 aromatic carbocycles. The van der Waals surface area contributed by atoms with E-state index in [2.05, 4.69) is 10.2 Å². The molecule has 2 aliphatic heterocycles. The molecule has 2 fully saturated rings. The molecule has 2 aliphatic rings. The quantitative estimate of drug-likeness (QED) is 0.747. The fourth-order valence-electron chi connectivity index (χ4n) is 2.47. The predicted molar refractivity (Wildman–Crippen MR) is 65.9 cm³/mol. The minimum atomic E-state index is -0.606. The van der Waals surface area contributed by atoms with Crippen LogP contribution in [-0.2, 0) is 4.79 Å². The van der Waals surface area contributed by atoms with Gasteiger partial charge in [-0.25, -0.2) is 0 Å². The topological polar surface area (TPSA) is 52.6 Å². The number of rotatable bonds is 4. The second kappa shape index (κ2) is 5.89. The maximum absolute atomic E-state index is 11.3. The summed E-state index contributed by atoms with van der Waals surface area (Å²) >= 11 is 1.90. The first-order valence-corrected chi connectivity index (χ1v) is 7.16. The summed E-state index contributed by atoms with van der Waals surface area (Å²) in [6.07, 6.45) is 1.08. The van der Waals surface area contributed by atoms with Crippen molar-refractivity contribution in [2.45, 2.75) is 6.42 Å². The summed E-state index contributed by atoms with van der Waals surface area (Å²) in [6, 6.07) is 0. The SMILES string of the molecule is O=C(O)C(CN1CCNCC1)C1CCSC1. The highest BCUT2D eigenvalue weighted by Gasteiger charge is 2.32. The van der Waals surface area contributed by atoms with Crippen LogP contribution in [0, 0.1) is 11.8 Å². The lowest BCUT2D eigenvalue weighted by molar-refractivity contribution is -0.144. The Labute approximate surface area is 101 Å². The minimum Gasteiger partial charge on any atom is -0.481 e. The molecular formula is C11H20N2O2S. The van der Waals surface area contributed by atoms with Crippen LogP contribution in [0.15, 0.2) is 0 Å². The molecule has 16 heavy (non-hydrogen) atoms. The van der Waals surface area contributed by atoms with Crippen LogP contribution in [0.1, 0.15) is 6.42 Å². The van der Waals surface area contributed by atoms with Gasteiger partial charge in [0.1, 0.15) is 0 Å². The van der Waals surface area contributed by atoms with Gasteiger partial charge >= 0.3 is 5.97 Å². The molecular weight excluding hydrogens is 224 g/mol. The van der Waals surface area contributed by atoms with Crippen molar-refractivity contribution in [2.24, 2.45) is 11.8 Å². The van der Waals surface area contributed by atoms with E-state index >= 15 is 0 Å². The van der Waals surface area contributed by atoms with E-state index in [0.717, 1.165) is 50.7 Å². The summed E-state index contributed by atoms with van der Waals surface area (Å²) in [4.78, 5) is 13.6. The van der Waals surface area contributed by atoms with E-state index in [1.165, 1.54) is 0 Å². The fraction of sp³-hybridized carbons (Fsp3) is 0.909. The number of carbonyl (C=O) groups is 1.